The number of amides is 3. The van der Waals surface area contributed by atoms with Crippen molar-refractivity contribution in [1.29, 1.82) is 0 Å². The number of piperazine rings is 1. The number of piperidine rings is 2. The molecular formula is C24H32N6O3. The van der Waals surface area contributed by atoms with E-state index in [1.165, 1.54) is 5.69 Å². The highest BCUT2D eigenvalue weighted by molar-refractivity contribution is 6.02. The first-order valence-electron chi connectivity index (χ1n) is 12.0. The fourth-order valence-electron chi connectivity index (χ4n) is 5.48. The monoisotopic (exact) mass is 452 g/mol. The van der Waals surface area contributed by atoms with Gasteiger partial charge in [0.2, 0.25) is 18.2 Å². The zero-order valence-electron chi connectivity index (χ0n) is 19.2. The second-order valence-electron chi connectivity index (χ2n) is 9.59. The number of nitrogens with zero attached hydrogens (tertiary/aromatic N) is 5. The molecule has 176 valence electrons. The Morgan fingerprint density at radius 2 is 1.82 bits per heavy atom. The van der Waals surface area contributed by atoms with Gasteiger partial charge in [-0.3, -0.25) is 29.3 Å². The lowest BCUT2D eigenvalue weighted by Crippen LogP contribution is -2.48. The zero-order chi connectivity index (χ0) is 22.9. The fourth-order valence-corrected chi connectivity index (χ4v) is 5.48. The molecule has 0 saturated carbocycles. The maximum atomic E-state index is 12.4. The molecule has 9 nitrogen and oxygen atoms in total. The lowest BCUT2D eigenvalue weighted by atomic mass is 9.93. The molecule has 2 aromatic rings. The minimum Gasteiger partial charge on any atom is -0.369 e. The normalized spacial score (nSPS) is 23.2. The molecule has 3 fully saturated rings. The topological polar surface area (TPSA) is 90.8 Å². The molecule has 5 rings (SSSR count). The lowest BCUT2D eigenvalue weighted by molar-refractivity contribution is -0.134. The molecule has 1 aromatic carbocycles. The van der Waals surface area contributed by atoms with E-state index in [4.69, 9.17) is 0 Å². The average molecular weight is 453 g/mol. The zero-order valence-corrected chi connectivity index (χ0v) is 19.2. The third-order valence-corrected chi connectivity index (χ3v) is 7.48. The Bertz CT molecular complexity index is 1050. The van der Waals surface area contributed by atoms with Crippen molar-refractivity contribution < 1.29 is 14.4 Å². The molecule has 3 saturated heterocycles. The summed E-state index contributed by atoms with van der Waals surface area (Å²) >= 11 is 0. The number of carbonyl (C=O) groups excluding carboxylic acids is 3. The van der Waals surface area contributed by atoms with Crippen LogP contribution in [0, 0.1) is 5.92 Å². The Kier molecular flexibility index (Phi) is 6.05. The summed E-state index contributed by atoms with van der Waals surface area (Å²) in [4.78, 5) is 41.7. The highest BCUT2D eigenvalue weighted by atomic mass is 16.2. The Labute approximate surface area is 193 Å². The van der Waals surface area contributed by atoms with E-state index in [-0.39, 0.29) is 17.7 Å². The third-order valence-electron chi connectivity index (χ3n) is 7.48. The van der Waals surface area contributed by atoms with Gasteiger partial charge in [0.25, 0.3) is 0 Å². The number of aryl methyl sites for hydroxylation is 1. The quantitative estimate of drug-likeness (QED) is 0.539. The summed E-state index contributed by atoms with van der Waals surface area (Å²) in [5, 5.41) is 8.08. The van der Waals surface area contributed by atoms with Gasteiger partial charge in [-0.2, -0.15) is 5.10 Å². The predicted octanol–water partition coefficient (Wildman–Crippen LogP) is 1.08. The fraction of sp³-hybridized carbons (Fsp3) is 0.583. The molecular weight excluding hydrogens is 420 g/mol. The van der Waals surface area contributed by atoms with E-state index in [0.717, 1.165) is 81.7 Å². The second-order valence-corrected chi connectivity index (χ2v) is 9.59. The SMILES string of the molecule is Cn1nc(C2CCC(=O)NC2=O)c2ccc(N3CCN(CC4CCN(C=O)CC4)CC3)cc21. The minimum atomic E-state index is -0.376. The van der Waals surface area contributed by atoms with E-state index in [0.29, 0.717) is 18.8 Å². The third kappa shape index (κ3) is 4.46. The molecule has 0 radical (unpaired) electrons. The van der Waals surface area contributed by atoms with Crippen molar-refractivity contribution in [1.82, 2.24) is 24.9 Å². The molecule has 1 atom stereocenters. The van der Waals surface area contributed by atoms with E-state index >= 15 is 0 Å². The average Bonchev–Trinajstić information content (AvgIpc) is 3.15. The van der Waals surface area contributed by atoms with Crippen molar-refractivity contribution in [2.45, 2.75) is 31.6 Å². The molecule has 1 unspecified atom stereocenters. The highest BCUT2D eigenvalue weighted by Crippen LogP contribution is 2.32. The number of imide groups is 1. The molecule has 1 aromatic heterocycles. The first kappa shape index (κ1) is 21.9. The molecule has 33 heavy (non-hydrogen) atoms. The maximum Gasteiger partial charge on any atom is 0.235 e. The second kappa shape index (κ2) is 9.13. The summed E-state index contributed by atoms with van der Waals surface area (Å²) in [5.41, 5.74) is 2.95. The number of hydrogen-bond acceptors (Lipinski definition) is 6. The van der Waals surface area contributed by atoms with Crippen LogP contribution in [0.3, 0.4) is 0 Å². The van der Waals surface area contributed by atoms with Gasteiger partial charge in [0, 0.05) is 70.4 Å². The van der Waals surface area contributed by atoms with Gasteiger partial charge in [-0.25, -0.2) is 0 Å². The predicted molar refractivity (Wildman–Crippen MR) is 125 cm³/mol. The summed E-state index contributed by atoms with van der Waals surface area (Å²) in [6.07, 6.45) is 4.04. The Hall–Kier alpha value is -2.94. The van der Waals surface area contributed by atoms with Crippen LogP contribution in [0.5, 0.6) is 0 Å². The Morgan fingerprint density at radius 3 is 2.52 bits per heavy atom. The van der Waals surface area contributed by atoms with Crippen molar-refractivity contribution in [3.63, 3.8) is 0 Å². The van der Waals surface area contributed by atoms with Crippen LogP contribution in [0.15, 0.2) is 18.2 Å². The van der Waals surface area contributed by atoms with Gasteiger partial charge in [0.05, 0.1) is 17.1 Å². The van der Waals surface area contributed by atoms with Gasteiger partial charge < -0.3 is 9.80 Å². The number of hydrogen-bond donors (Lipinski definition) is 1. The van der Waals surface area contributed by atoms with Gasteiger partial charge in [-0.15, -0.1) is 0 Å². The summed E-state index contributed by atoms with van der Waals surface area (Å²) in [6, 6.07) is 6.37. The molecule has 4 heterocycles. The van der Waals surface area contributed by atoms with E-state index in [2.05, 4.69) is 38.4 Å². The molecule has 1 N–H and O–H groups in total. The number of rotatable bonds is 5. The lowest BCUT2D eigenvalue weighted by Gasteiger charge is -2.39. The van der Waals surface area contributed by atoms with Crippen LogP contribution in [-0.4, -0.2) is 83.6 Å². The van der Waals surface area contributed by atoms with Crippen LogP contribution in [0.1, 0.15) is 37.3 Å². The number of nitrogens with one attached hydrogen (secondary N) is 1. The van der Waals surface area contributed by atoms with E-state index in [9.17, 15) is 14.4 Å². The smallest absolute Gasteiger partial charge is 0.235 e. The van der Waals surface area contributed by atoms with Crippen LogP contribution in [0.4, 0.5) is 5.69 Å². The van der Waals surface area contributed by atoms with E-state index in [1.54, 1.807) is 0 Å². The molecule has 3 aliphatic heterocycles. The first-order valence-corrected chi connectivity index (χ1v) is 12.0. The molecule has 0 spiro atoms. The molecule has 3 amide bonds. The van der Waals surface area contributed by atoms with Gasteiger partial charge in [0.15, 0.2) is 0 Å². The van der Waals surface area contributed by atoms with Crippen molar-refractivity contribution in [2.24, 2.45) is 13.0 Å². The standard InChI is InChI=1S/C24H32N6O3/c1-27-21-14-18(2-3-19(21)23(26-27)20-4-5-22(32)25-24(20)33)30-12-10-28(11-13-30)15-17-6-8-29(16-31)9-7-17/h2-3,14,16-17,20H,4-13,15H2,1H3,(H,25,32,33). The Morgan fingerprint density at radius 1 is 1.06 bits per heavy atom. The largest absolute Gasteiger partial charge is 0.369 e. The summed E-state index contributed by atoms with van der Waals surface area (Å²) in [6.45, 7) is 6.95. The molecule has 0 aliphatic carbocycles. The van der Waals surface area contributed by atoms with Crippen molar-refractivity contribution in [2.75, 3.05) is 50.7 Å². The van der Waals surface area contributed by atoms with Crippen molar-refractivity contribution in [3.05, 3.63) is 23.9 Å². The number of carbonyl (C=O) groups is 3. The van der Waals surface area contributed by atoms with Gasteiger partial charge in [-0.1, -0.05) is 0 Å². The maximum absolute atomic E-state index is 12.4. The number of benzene rings is 1. The first-order chi connectivity index (χ1) is 16.0. The molecule has 0 bridgehead atoms. The summed E-state index contributed by atoms with van der Waals surface area (Å²) in [5.74, 6) is -0.143. The van der Waals surface area contributed by atoms with Crippen molar-refractivity contribution >= 4 is 34.8 Å². The number of anilines is 1. The highest BCUT2D eigenvalue weighted by Gasteiger charge is 2.32. The minimum absolute atomic E-state index is 0.204. The van der Waals surface area contributed by atoms with Crippen LogP contribution >= 0.6 is 0 Å². The summed E-state index contributed by atoms with van der Waals surface area (Å²) < 4.78 is 1.85. The number of aromatic nitrogens is 2. The van der Waals surface area contributed by atoms with Crippen LogP contribution in [0.25, 0.3) is 10.9 Å². The van der Waals surface area contributed by atoms with Crippen LogP contribution in [-0.2, 0) is 21.4 Å². The van der Waals surface area contributed by atoms with E-state index in [1.807, 2.05) is 16.6 Å². The van der Waals surface area contributed by atoms with Gasteiger partial charge in [0.1, 0.15) is 0 Å². The van der Waals surface area contributed by atoms with Gasteiger partial charge >= 0.3 is 0 Å². The van der Waals surface area contributed by atoms with Gasteiger partial charge in [-0.05, 0) is 43.4 Å². The van der Waals surface area contributed by atoms with E-state index < -0.39 is 0 Å². The van der Waals surface area contributed by atoms with Crippen LogP contribution in [0.2, 0.25) is 0 Å². The summed E-state index contributed by atoms with van der Waals surface area (Å²) in [7, 11) is 1.91. The van der Waals surface area contributed by atoms with Crippen LogP contribution < -0.4 is 10.2 Å². The molecule has 9 heteroatoms. The number of likely N-dealkylation sites (tertiary alicyclic amines) is 1. The Balaban J connectivity index is 1.23. The van der Waals surface area contributed by atoms with Crippen molar-refractivity contribution in [3.8, 4) is 0 Å². The molecule has 3 aliphatic rings. The number of fused-ring (bicyclic) bond motifs is 1.